The van der Waals surface area contributed by atoms with E-state index in [1.165, 1.54) is 7.11 Å². The number of hydrogen-bond acceptors (Lipinski definition) is 2. The SMILES string of the molecule is CCNC(c1cccc(OC)c1F)C1CCC(F)(F)CC1. The van der Waals surface area contributed by atoms with E-state index in [1.807, 2.05) is 6.92 Å². The van der Waals surface area contributed by atoms with Crippen LogP contribution in [0.4, 0.5) is 13.2 Å². The number of ether oxygens (including phenoxy) is 1. The molecule has 118 valence electrons. The summed E-state index contributed by atoms with van der Waals surface area (Å²) >= 11 is 0. The molecule has 0 aliphatic heterocycles. The Labute approximate surface area is 123 Å². The van der Waals surface area contributed by atoms with Gasteiger partial charge in [-0.1, -0.05) is 19.1 Å². The summed E-state index contributed by atoms with van der Waals surface area (Å²) in [5.41, 5.74) is 0.506. The number of hydrogen-bond donors (Lipinski definition) is 1. The van der Waals surface area contributed by atoms with E-state index in [1.54, 1.807) is 18.2 Å². The molecule has 0 radical (unpaired) electrons. The highest BCUT2D eigenvalue weighted by molar-refractivity contribution is 5.33. The topological polar surface area (TPSA) is 21.3 Å². The highest BCUT2D eigenvalue weighted by Gasteiger charge is 2.38. The van der Waals surface area contributed by atoms with Crippen molar-refractivity contribution in [3.8, 4) is 5.75 Å². The zero-order valence-corrected chi connectivity index (χ0v) is 12.5. The second-order valence-electron chi connectivity index (χ2n) is 5.59. The Balaban J connectivity index is 2.23. The van der Waals surface area contributed by atoms with Gasteiger partial charge in [0.15, 0.2) is 11.6 Å². The van der Waals surface area contributed by atoms with E-state index < -0.39 is 11.7 Å². The molecule has 0 amide bonds. The molecule has 2 rings (SSSR count). The molecule has 0 saturated heterocycles. The molecule has 1 atom stereocenters. The summed E-state index contributed by atoms with van der Waals surface area (Å²) in [6, 6.07) is 4.76. The first-order valence-electron chi connectivity index (χ1n) is 7.42. The van der Waals surface area contributed by atoms with Crippen molar-refractivity contribution in [2.75, 3.05) is 13.7 Å². The first-order valence-corrected chi connectivity index (χ1v) is 7.42. The van der Waals surface area contributed by atoms with Gasteiger partial charge < -0.3 is 10.1 Å². The Kier molecular flexibility index (Phi) is 5.14. The lowest BCUT2D eigenvalue weighted by Gasteiger charge is -2.34. The largest absolute Gasteiger partial charge is 0.494 e. The van der Waals surface area contributed by atoms with Gasteiger partial charge in [0.05, 0.1) is 7.11 Å². The Hall–Kier alpha value is -1.23. The minimum absolute atomic E-state index is 0.0196. The molecule has 1 unspecified atom stereocenters. The van der Waals surface area contributed by atoms with Crippen LogP contribution in [0.25, 0.3) is 0 Å². The predicted octanol–water partition coefficient (Wildman–Crippen LogP) is 4.31. The third-order valence-corrected chi connectivity index (χ3v) is 4.21. The van der Waals surface area contributed by atoms with E-state index in [2.05, 4.69) is 5.32 Å². The molecule has 1 saturated carbocycles. The average Bonchev–Trinajstić information content (AvgIpc) is 2.46. The summed E-state index contributed by atoms with van der Waals surface area (Å²) in [7, 11) is 1.42. The van der Waals surface area contributed by atoms with Gasteiger partial charge in [-0.2, -0.15) is 0 Å². The van der Waals surface area contributed by atoms with Crippen molar-refractivity contribution in [2.24, 2.45) is 5.92 Å². The molecule has 1 aromatic rings. The highest BCUT2D eigenvalue weighted by Crippen LogP contribution is 2.42. The molecule has 1 fully saturated rings. The molecule has 0 aromatic heterocycles. The van der Waals surface area contributed by atoms with Gasteiger partial charge in [0.25, 0.3) is 0 Å². The zero-order valence-electron chi connectivity index (χ0n) is 12.5. The molecule has 21 heavy (non-hydrogen) atoms. The lowest BCUT2D eigenvalue weighted by atomic mass is 9.79. The lowest BCUT2D eigenvalue weighted by molar-refractivity contribution is -0.0498. The van der Waals surface area contributed by atoms with Gasteiger partial charge in [-0.3, -0.25) is 0 Å². The molecule has 1 aliphatic rings. The van der Waals surface area contributed by atoms with Crippen molar-refractivity contribution in [2.45, 2.75) is 44.6 Å². The summed E-state index contributed by atoms with van der Waals surface area (Å²) in [6.07, 6.45) is 0.568. The van der Waals surface area contributed by atoms with Gasteiger partial charge in [-0.05, 0) is 31.4 Å². The molecule has 2 nitrogen and oxygen atoms in total. The number of rotatable bonds is 5. The van der Waals surface area contributed by atoms with Crippen molar-refractivity contribution in [3.05, 3.63) is 29.6 Å². The number of benzene rings is 1. The first-order chi connectivity index (χ1) is 9.98. The number of halogens is 3. The summed E-state index contributed by atoms with van der Waals surface area (Å²) in [4.78, 5) is 0. The summed E-state index contributed by atoms with van der Waals surface area (Å²) in [5, 5.41) is 3.25. The van der Waals surface area contributed by atoms with E-state index in [0.717, 1.165) is 0 Å². The zero-order chi connectivity index (χ0) is 15.5. The quantitative estimate of drug-likeness (QED) is 0.875. The maximum absolute atomic E-state index is 14.4. The number of alkyl halides is 2. The molecular formula is C16H22F3NO. The van der Waals surface area contributed by atoms with Gasteiger partial charge >= 0.3 is 0 Å². The van der Waals surface area contributed by atoms with Crippen LogP contribution in [0.5, 0.6) is 5.75 Å². The molecule has 1 N–H and O–H groups in total. The fraction of sp³-hybridized carbons (Fsp3) is 0.625. The van der Waals surface area contributed by atoms with Gasteiger partial charge in [0.2, 0.25) is 5.92 Å². The number of methoxy groups -OCH3 is 1. The monoisotopic (exact) mass is 301 g/mol. The maximum atomic E-state index is 14.4. The summed E-state index contributed by atoms with van der Waals surface area (Å²) in [6.45, 7) is 2.59. The van der Waals surface area contributed by atoms with E-state index in [4.69, 9.17) is 4.74 Å². The molecular weight excluding hydrogens is 279 g/mol. The van der Waals surface area contributed by atoms with Crippen molar-refractivity contribution >= 4 is 0 Å². The second-order valence-corrected chi connectivity index (χ2v) is 5.59. The fourth-order valence-electron chi connectivity index (χ4n) is 3.07. The van der Waals surface area contributed by atoms with Crippen LogP contribution in [-0.4, -0.2) is 19.6 Å². The Morgan fingerprint density at radius 3 is 2.57 bits per heavy atom. The summed E-state index contributed by atoms with van der Waals surface area (Å²) in [5.74, 6) is -2.76. The van der Waals surface area contributed by atoms with E-state index in [0.29, 0.717) is 24.9 Å². The first kappa shape index (κ1) is 16.1. The normalized spacial score (nSPS) is 20.2. The van der Waals surface area contributed by atoms with Gasteiger partial charge in [0.1, 0.15) is 0 Å². The predicted molar refractivity (Wildman–Crippen MR) is 76.3 cm³/mol. The van der Waals surface area contributed by atoms with Crippen LogP contribution in [0.3, 0.4) is 0 Å². The highest BCUT2D eigenvalue weighted by atomic mass is 19.3. The van der Waals surface area contributed by atoms with Crippen LogP contribution in [0.15, 0.2) is 18.2 Å². The van der Waals surface area contributed by atoms with Crippen molar-refractivity contribution in [1.29, 1.82) is 0 Å². The summed E-state index contributed by atoms with van der Waals surface area (Å²) < 4.78 is 46.1. The smallest absolute Gasteiger partial charge is 0.248 e. The lowest BCUT2D eigenvalue weighted by Crippen LogP contribution is -2.34. The van der Waals surface area contributed by atoms with Crippen molar-refractivity contribution in [1.82, 2.24) is 5.32 Å². The fourth-order valence-corrected chi connectivity index (χ4v) is 3.07. The van der Waals surface area contributed by atoms with Crippen molar-refractivity contribution in [3.63, 3.8) is 0 Å². The Morgan fingerprint density at radius 1 is 1.33 bits per heavy atom. The standard InChI is InChI=1S/C16H22F3NO/c1-3-20-15(11-7-9-16(18,19)10-8-11)12-5-4-6-13(21-2)14(12)17/h4-6,11,15,20H,3,7-10H2,1-2H3. The van der Waals surface area contributed by atoms with Crippen LogP contribution in [0, 0.1) is 11.7 Å². The van der Waals surface area contributed by atoms with Crippen molar-refractivity contribution < 1.29 is 17.9 Å². The van der Waals surface area contributed by atoms with E-state index >= 15 is 0 Å². The van der Waals surface area contributed by atoms with Crippen LogP contribution < -0.4 is 10.1 Å². The average molecular weight is 301 g/mol. The number of nitrogens with one attached hydrogen (secondary N) is 1. The Morgan fingerprint density at radius 2 is 2.00 bits per heavy atom. The molecule has 0 heterocycles. The van der Waals surface area contributed by atoms with Crippen LogP contribution >= 0.6 is 0 Å². The molecule has 5 heteroatoms. The molecule has 0 spiro atoms. The third kappa shape index (κ3) is 3.70. The third-order valence-electron chi connectivity index (χ3n) is 4.21. The molecule has 0 bridgehead atoms. The maximum Gasteiger partial charge on any atom is 0.248 e. The Bertz CT molecular complexity index is 469. The molecule has 1 aromatic carbocycles. The minimum atomic E-state index is -2.57. The van der Waals surface area contributed by atoms with Gasteiger partial charge in [-0.25, -0.2) is 13.2 Å². The second kappa shape index (κ2) is 6.69. The van der Waals surface area contributed by atoms with E-state index in [9.17, 15) is 13.2 Å². The minimum Gasteiger partial charge on any atom is -0.494 e. The van der Waals surface area contributed by atoms with Crippen LogP contribution in [0.2, 0.25) is 0 Å². The van der Waals surface area contributed by atoms with Gasteiger partial charge in [0, 0.05) is 24.4 Å². The molecule has 1 aliphatic carbocycles. The van der Waals surface area contributed by atoms with Gasteiger partial charge in [-0.15, -0.1) is 0 Å². The van der Waals surface area contributed by atoms with Crippen LogP contribution in [-0.2, 0) is 0 Å². The van der Waals surface area contributed by atoms with Crippen LogP contribution in [0.1, 0.15) is 44.2 Å². The van der Waals surface area contributed by atoms with E-state index in [-0.39, 0.29) is 30.6 Å².